The molecule has 0 atom stereocenters. The highest BCUT2D eigenvalue weighted by atomic mass is 16.3. The van der Waals surface area contributed by atoms with Gasteiger partial charge in [0.05, 0.1) is 12.1 Å². The quantitative estimate of drug-likeness (QED) is 0.426. The standard InChI is InChI=1S/C22H19N7O3/c1-27-17-18(28(2)22(32)29(20(17)31)12-13-8-4-3-5-9-13)24-21(27)26-25-16-14-10-6-7-11-15(14)23-19(16)30/h3-11,23,30H,12H2,1-2H3. The first-order valence-corrected chi connectivity index (χ1v) is 9.87. The number of imidazole rings is 1. The molecule has 10 heteroatoms. The molecule has 0 saturated heterocycles. The molecule has 10 nitrogen and oxygen atoms in total. The lowest BCUT2D eigenvalue weighted by Crippen LogP contribution is -2.39. The van der Waals surface area contributed by atoms with E-state index in [9.17, 15) is 14.7 Å². The number of H-pyrrole nitrogens is 1. The van der Waals surface area contributed by atoms with Gasteiger partial charge in [-0.15, -0.1) is 10.2 Å². The second kappa shape index (κ2) is 7.34. The van der Waals surface area contributed by atoms with Gasteiger partial charge in [0.2, 0.25) is 5.88 Å². The van der Waals surface area contributed by atoms with Gasteiger partial charge in [0.25, 0.3) is 11.5 Å². The van der Waals surface area contributed by atoms with E-state index < -0.39 is 11.2 Å². The van der Waals surface area contributed by atoms with Crippen molar-refractivity contribution in [3.05, 3.63) is 81.0 Å². The van der Waals surface area contributed by atoms with Gasteiger partial charge in [-0.1, -0.05) is 48.5 Å². The van der Waals surface area contributed by atoms with E-state index in [1.165, 1.54) is 13.7 Å². The first kappa shape index (κ1) is 19.5. The van der Waals surface area contributed by atoms with Crippen LogP contribution in [-0.4, -0.2) is 28.8 Å². The Hall–Kier alpha value is -4.47. The Morgan fingerprint density at radius 3 is 2.47 bits per heavy atom. The summed E-state index contributed by atoms with van der Waals surface area (Å²) in [7, 11) is 3.20. The first-order chi connectivity index (χ1) is 15.5. The number of nitrogens with zero attached hydrogens (tertiary/aromatic N) is 6. The van der Waals surface area contributed by atoms with Crippen LogP contribution in [0.5, 0.6) is 5.88 Å². The van der Waals surface area contributed by atoms with Gasteiger partial charge < -0.3 is 14.7 Å². The average molecular weight is 429 g/mol. The van der Waals surface area contributed by atoms with Crippen molar-refractivity contribution in [2.24, 2.45) is 24.3 Å². The number of rotatable bonds is 4. The summed E-state index contributed by atoms with van der Waals surface area (Å²) in [6, 6.07) is 16.6. The molecule has 2 N–H and O–H groups in total. The minimum Gasteiger partial charge on any atom is -0.493 e. The summed E-state index contributed by atoms with van der Waals surface area (Å²) in [5, 5.41) is 19.2. The van der Waals surface area contributed by atoms with E-state index in [1.54, 1.807) is 20.2 Å². The number of aromatic amines is 1. The summed E-state index contributed by atoms with van der Waals surface area (Å²) in [6.07, 6.45) is 0. The van der Waals surface area contributed by atoms with E-state index in [1.807, 2.05) is 48.5 Å². The highest BCUT2D eigenvalue weighted by Crippen LogP contribution is 2.36. The monoisotopic (exact) mass is 429 g/mol. The number of nitrogens with one attached hydrogen (secondary N) is 1. The molecular formula is C22H19N7O3. The Bertz CT molecular complexity index is 1620. The second-order valence-electron chi connectivity index (χ2n) is 7.43. The van der Waals surface area contributed by atoms with Crippen molar-refractivity contribution >= 4 is 33.7 Å². The van der Waals surface area contributed by atoms with Crippen molar-refractivity contribution in [2.45, 2.75) is 6.54 Å². The van der Waals surface area contributed by atoms with Crippen LogP contribution >= 0.6 is 0 Å². The van der Waals surface area contributed by atoms with Crippen molar-refractivity contribution in [2.75, 3.05) is 0 Å². The topological polar surface area (TPSA) is 123 Å². The second-order valence-corrected chi connectivity index (χ2v) is 7.43. The third-order valence-electron chi connectivity index (χ3n) is 5.42. The summed E-state index contributed by atoms with van der Waals surface area (Å²) in [5.74, 6) is 0.0144. The summed E-state index contributed by atoms with van der Waals surface area (Å²) in [6.45, 7) is 0.146. The van der Waals surface area contributed by atoms with Crippen LogP contribution in [0.2, 0.25) is 0 Å². The molecule has 3 heterocycles. The number of benzene rings is 2. The third-order valence-corrected chi connectivity index (χ3v) is 5.42. The fourth-order valence-electron chi connectivity index (χ4n) is 3.74. The summed E-state index contributed by atoms with van der Waals surface area (Å²) in [4.78, 5) is 33.2. The molecule has 0 aliphatic rings. The zero-order valence-electron chi connectivity index (χ0n) is 17.4. The minimum atomic E-state index is -0.470. The molecule has 0 radical (unpaired) electrons. The molecule has 0 spiro atoms. The summed E-state index contributed by atoms with van der Waals surface area (Å²) < 4.78 is 3.99. The number of aryl methyl sites for hydroxylation is 2. The van der Waals surface area contributed by atoms with Crippen molar-refractivity contribution < 1.29 is 5.11 Å². The number of hydrogen-bond acceptors (Lipinski definition) is 6. The number of para-hydroxylation sites is 1. The largest absolute Gasteiger partial charge is 0.493 e. The lowest BCUT2D eigenvalue weighted by Gasteiger charge is -2.08. The normalized spacial score (nSPS) is 11.8. The molecule has 2 aromatic carbocycles. The molecule has 32 heavy (non-hydrogen) atoms. The molecule has 0 unspecified atom stereocenters. The van der Waals surface area contributed by atoms with Crippen LogP contribution in [0.3, 0.4) is 0 Å². The van der Waals surface area contributed by atoms with Gasteiger partial charge >= 0.3 is 5.69 Å². The number of azo groups is 1. The summed E-state index contributed by atoms with van der Waals surface area (Å²) >= 11 is 0. The zero-order valence-corrected chi connectivity index (χ0v) is 17.4. The Morgan fingerprint density at radius 1 is 0.969 bits per heavy atom. The van der Waals surface area contributed by atoms with Crippen molar-refractivity contribution in [3.63, 3.8) is 0 Å². The Balaban J connectivity index is 1.64. The van der Waals surface area contributed by atoms with E-state index in [0.29, 0.717) is 5.39 Å². The molecule has 0 fully saturated rings. The molecule has 0 aliphatic heterocycles. The number of fused-ring (bicyclic) bond motifs is 2. The lowest BCUT2D eigenvalue weighted by atomic mass is 10.2. The number of hydrogen-bond donors (Lipinski definition) is 2. The summed E-state index contributed by atoms with van der Waals surface area (Å²) in [5.41, 5.74) is 1.34. The van der Waals surface area contributed by atoms with Crippen molar-refractivity contribution in [1.82, 2.24) is 23.7 Å². The van der Waals surface area contributed by atoms with Crippen LogP contribution < -0.4 is 11.2 Å². The SMILES string of the molecule is Cn1c(N=Nc2c(O)[nH]c3ccccc23)nc2c1c(=O)n(Cc1ccccc1)c(=O)n2C. The number of aromatic hydroxyl groups is 1. The average Bonchev–Trinajstić information content (AvgIpc) is 3.30. The maximum absolute atomic E-state index is 13.2. The number of aromatic nitrogens is 5. The van der Waals surface area contributed by atoms with Crippen molar-refractivity contribution in [3.8, 4) is 5.88 Å². The Morgan fingerprint density at radius 2 is 1.69 bits per heavy atom. The van der Waals surface area contributed by atoms with Crippen molar-refractivity contribution in [1.29, 1.82) is 0 Å². The van der Waals surface area contributed by atoms with E-state index >= 15 is 0 Å². The van der Waals surface area contributed by atoms with Crippen LogP contribution in [0, 0.1) is 0 Å². The van der Waals surface area contributed by atoms with Gasteiger partial charge in [0.1, 0.15) is 0 Å². The van der Waals surface area contributed by atoms with Crippen LogP contribution in [0.1, 0.15) is 5.56 Å². The highest BCUT2D eigenvalue weighted by molar-refractivity contribution is 5.94. The van der Waals surface area contributed by atoms with Crippen LogP contribution in [0.15, 0.2) is 74.4 Å². The molecule has 160 valence electrons. The fraction of sp³-hybridized carbons (Fsp3) is 0.136. The molecule has 0 aliphatic carbocycles. The van der Waals surface area contributed by atoms with Crippen LogP contribution in [-0.2, 0) is 20.6 Å². The molecule has 0 bridgehead atoms. The van der Waals surface area contributed by atoms with Gasteiger partial charge in [0, 0.05) is 19.5 Å². The van der Waals surface area contributed by atoms with Gasteiger partial charge in [-0.05, 0) is 11.6 Å². The molecule has 5 aromatic rings. The molecule has 0 saturated carbocycles. The van der Waals surface area contributed by atoms with E-state index in [0.717, 1.165) is 11.1 Å². The maximum Gasteiger partial charge on any atom is 0.332 e. The predicted molar refractivity (Wildman–Crippen MR) is 120 cm³/mol. The molecule has 3 aromatic heterocycles. The van der Waals surface area contributed by atoms with Gasteiger partial charge in [-0.25, -0.2) is 4.79 Å². The Kier molecular flexibility index (Phi) is 4.47. The van der Waals surface area contributed by atoms with E-state index in [4.69, 9.17) is 0 Å². The van der Waals surface area contributed by atoms with E-state index in [-0.39, 0.29) is 35.2 Å². The van der Waals surface area contributed by atoms with E-state index in [2.05, 4.69) is 20.2 Å². The van der Waals surface area contributed by atoms with Gasteiger partial charge in [-0.2, -0.15) is 4.98 Å². The van der Waals surface area contributed by atoms with Gasteiger partial charge in [0.15, 0.2) is 16.9 Å². The van der Waals surface area contributed by atoms with Crippen LogP contribution in [0.25, 0.3) is 22.1 Å². The zero-order chi connectivity index (χ0) is 22.4. The minimum absolute atomic E-state index is 0.119. The Labute approximate surface area is 180 Å². The maximum atomic E-state index is 13.2. The molecule has 5 rings (SSSR count). The third kappa shape index (κ3) is 3.00. The molecular weight excluding hydrogens is 410 g/mol. The molecule has 0 amide bonds. The van der Waals surface area contributed by atoms with Crippen LogP contribution in [0.4, 0.5) is 11.6 Å². The lowest BCUT2D eigenvalue weighted by molar-refractivity contribution is 0.459. The highest BCUT2D eigenvalue weighted by Gasteiger charge is 2.19. The smallest absolute Gasteiger partial charge is 0.332 e. The van der Waals surface area contributed by atoms with Gasteiger partial charge in [-0.3, -0.25) is 13.9 Å². The first-order valence-electron chi connectivity index (χ1n) is 9.87. The fourth-order valence-corrected chi connectivity index (χ4v) is 3.74. The predicted octanol–water partition coefficient (Wildman–Crippen LogP) is 3.08.